The summed E-state index contributed by atoms with van der Waals surface area (Å²) in [6, 6.07) is 13.5. The number of rotatable bonds is 8. The number of anilines is 2. The van der Waals surface area contributed by atoms with Crippen LogP contribution in [-0.2, 0) is 0 Å². The minimum Gasteiger partial charge on any atom is -0.497 e. The Morgan fingerprint density at radius 1 is 1.03 bits per heavy atom. The number of ether oxygens (including phenoxy) is 1. The molecule has 0 atom stereocenters. The number of carbonyl (C=O) groups excluding carboxylic acids is 1. The Morgan fingerprint density at radius 2 is 1.76 bits per heavy atom. The first-order chi connectivity index (χ1) is 13.9. The number of amides is 1. The summed E-state index contributed by atoms with van der Waals surface area (Å²) in [7, 11) is 9.70. The van der Waals surface area contributed by atoms with Crippen LogP contribution in [-0.4, -0.2) is 64.2 Å². The molecule has 0 fully saturated rings. The van der Waals surface area contributed by atoms with Gasteiger partial charge in [0.1, 0.15) is 5.75 Å². The molecule has 0 N–H and O–H groups in total. The molecule has 0 radical (unpaired) electrons. The van der Waals surface area contributed by atoms with Crippen molar-refractivity contribution >= 4 is 38.3 Å². The summed E-state index contributed by atoms with van der Waals surface area (Å²) in [5.41, 5.74) is 2.60. The molecule has 0 aliphatic carbocycles. The summed E-state index contributed by atoms with van der Waals surface area (Å²) >= 11 is 1.52. The molecule has 0 saturated carbocycles. The Kier molecular flexibility index (Phi) is 6.71. The summed E-state index contributed by atoms with van der Waals surface area (Å²) in [6.45, 7) is 1.52. The zero-order valence-corrected chi connectivity index (χ0v) is 18.5. The van der Waals surface area contributed by atoms with Gasteiger partial charge in [-0.25, -0.2) is 4.98 Å². The molecule has 2 aromatic carbocycles. The third kappa shape index (κ3) is 5.05. The van der Waals surface area contributed by atoms with Crippen LogP contribution < -0.4 is 14.5 Å². The lowest BCUT2D eigenvalue weighted by atomic mass is 10.1. The lowest BCUT2D eigenvalue weighted by molar-refractivity contribution is 0.0986. The van der Waals surface area contributed by atoms with Gasteiger partial charge in [-0.05, 0) is 69.5 Å². The number of methoxy groups -OCH3 is 1. The molecule has 0 unspecified atom stereocenters. The molecular formula is C22H28N4O2S. The van der Waals surface area contributed by atoms with Gasteiger partial charge in [-0.2, -0.15) is 0 Å². The fourth-order valence-corrected chi connectivity index (χ4v) is 4.04. The van der Waals surface area contributed by atoms with Crippen molar-refractivity contribution in [3.63, 3.8) is 0 Å². The van der Waals surface area contributed by atoms with Gasteiger partial charge in [0.2, 0.25) is 0 Å². The number of fused-ring (bicyclic) bond motifs is 1. The number of hydrogen-bond acceptors (Lipinski definition) is 6. The minimum atomic E-state index is -0.0277. The summed E-state index contributed by atoms with van der Waals surface area (Å²) < 4.78 is 6.33. The van der Waals surface area contributed by atoms with Crippen molar-refractivity contribution in [3.8, 4) is 5.75 Å². The van der Waals surface area contributed by atoms with E-state index in [0.717, 1.165) is 34.6 Å². The number of benzene rings is 2. The van der Waals surface area contributed by atoms with Crippen LogP contribution in [0.2, 0.25) is 0 Å². The summed E-state index contributed by atoms with van der Waals surface area (Å²) in [4.78, 5) is 24.0. The second kappa shape index (κ2) is 9.24. The third-order valence-corrected chi connectivity index (χ3v) is 5.72. The lowest BCUT2D eigenvalue weighted by Crippen LogP contribution is -2.33. The quantitative estimate of drug-likeness (QED) is 0.560. The molecular weight excluding hydrogens is 384 g/mol. The van der Waals surface area contributed by atoms with Crippen molar-refractivity contribution < 1.29 is 9.53 Å². The maximum absolute atomic E-state index is 13.3. The van der Waals surface area contributed by atoms with E-state index in [4.69, 9.17) is 9.72 Å². The average Bonchev–Trinajstić information content (AvgIpc) is 3.13. The van der Waals surface area contributed by atoms with Crippen LogP contribution in [0.15, 0.2) is 42.5 Å². The largest absolute Gasteiger partial charge is 0.497 e. The molecule has 6 nitrogen and oxygen atoms in total. The SMILES string of the molecule is COc1ccc2nc(N(CCCN(C)C)C(=O)c3ccc(N(C)C)cc3)sc2c1. The predicted molar refractivity (Wildman–Crippen MR) is 122 cm³/mol. The van der Waals surface area contributed by atoms with Gasteiger partial charge in [0.15, 0.2) is 5.13 Å². The van der Waals surface area contributed by atoms with E-state index in [1.165, 1.54) is 11.3 Å². The Bertz CT molecular complexity index is 967. The molecule has 1 heterocycles. The number of thiazole rings is 1. The standard InChI is InChI=1S/C22H28N4O2S/c1-24(2)13-6-14-26(21(27)16-7-9-17(10-8-16)25(3)4)22-23-19-12-11-18(28-5)15-20(19)29-22/h7-12,15H,6,13-14H2,1-5H3. The van der Waals surface area contributed by atoms with Crippen LogP contribution in [0.1, 0.15) is 16.8 Å². The van der Waals surface area contributed by atoms with Gasteiger partial charge < -0.3 is 14.5 Å². The summed E-state index contributed by atoms with van der Waals surface area (Å²) in [5, 5.41) is 0.716. The van der Waals surface area contributed by atoms with Gasteiger partial charge in [0.25, 0.3) is 5.91 Å². The molecule has 3 aromatic rings. The van der Waals surface area contributed by atoms with Gasteiger partial charge in [0.05, 0.1) is 17.3 Å². The fourth-order valence-electron chi connectivity index (χ4n) is 3.02. The highest BCUT2D eigenvalue weighted by molar-refractivity contribution is 7.22. The summed E-state index contributed by atoms with van der Waals surface area (Å²) in [6.07, 6.45) is 0.869. The second-order valence-electron chi connectivity index (χ2n) is 7.39. The van der Waals surface area contributed by atoms with E-state index in [2.05, 4.69) is 4.90 Å². The zero-order valence-electron chi connectivity index (χ0n) is 17.7. The van der Waals surface area contributed by atoms with Gasteiger partial charge >= 0.3 is 0 Å². The van der Waals surface area contributed by atoms with E-state index in [1.807, 2.05) is 75.6 Å². The molecule has 1 amide bonds. The molecule has 0 bridgehead atoms. The monoisotopic (exact) mass is 412 g/mol. The molecule has 29 heavy (non-hydrogen) atoms. The van der Waals surface area contributed by atoms with Crippen LogP contribution >= 0.6 is 11.3 Å². The normalized spacial score (nSPS) is 11.1. The van der Waals surface area contributed by atoms with Crippen molar-refractivity contribution in [2.45, 2.75) is 6.42 Å². The summed E-state index contributed by atoms with van der Waals surface area (Å²) in [5.74, 6) is 0.762. The number of nitrogens with zero attached hydrogens (tertiary/aromatic N) is 4. The van der Waals surface area contributed by atoms with E-state index < -0.39 is 0 Å². The Balaban J connectivity index is 1.92. The van der Waals surface area contributed by atoms with Crippen molar-refractivity contribution in [2.24, 2.45) is 0 Å². The van der Waals surface area contributed by atoms with Gasteiger partial charge in [-0.15, -0.1) is 0 Å². The van der Waals surface area contributed by atoms with E-state index >= 15 is 0 Å². The maximum atomic E-state index is 13.3. The van der Waals surface area contributed by atoms with Crippen LogP contribution in [0.4, 0.5) is 10.8 Å². The van der Waals surface area contributed by atoms with Gasteiger partial charge in [-0.1, -0.05) is 11.3 Å². The molecule has 0 spiro atoms. The highest BCUT2D eigenvalue weighted by atomic mass is 32.1. The zero-order chi connectivity index (χ0) is 21.0. The molecule has 1 aromatic heterocycles. The van der Waals surface area contributed by atoms with Crippen LogP contribution in [0, 0.1) is 0 Å². The average molecular weight is 413 g/mol. The molecule has 0 saturated heterocycles. The highest BCUT2D eigenvalue weighted by Gasteiger charge is 2.21. The molecule has 154 valence electrons. The predicted octanol–water partition coefficient (Wildman–Crippen LogP) is 3.97. The Morgan fingerprint density at radius 3 is 2.38 bits per heavy atom. The van der Waals surface area contributed by atoms with Gasteiger partial charge in [-0.3, -0.25) is 9.69 Å². The third-order valence-electron chi connectivity index (χ3n) is 4.68. The van der Waals surface area contributed by atoms with E-state index in [1.54, 1.807) is 12.0 Å². The van der Waals surface area contributed by atoms with Crippen LogP contribution in [0.3, 0.4) is 0 Å². The van der Waals surface area contributed by atoms with E-state index in [9.17, 15) is 4.79 Å². The molecule has 7 heteroatoms. The van der Waals surface area contributed by atoms with E-state index in [0.29, 0.717) is 17.2 Å². The van der Waals surface area contributed by atoms with Crippen molar-refractivity contribution in [2.75, 3.05) is 58.2 Å². The Hall–Kier alpha value is -2.64. The van der Waals surface area contributed by atoms with Gasteiger partial charge in [0, 0.05) is 31.9 Å². The van der Waals surface area contributed by atoms with E-state index in [-0.39, 0.29) is 5.91 Å². The minimum absolute atomic E-state index is 0.0277. The fraction of sp³-hybridized carbons (Fsp3) is 0.364. The maximum Gasteiger partial charge on any atom is 0.260 e. The van der Waals surface area contributed by atoms with Crippen molar-refractivity contribution in [1.29, 1.82) is 0 Å². The van der Waals surface area contributed by atoms with Crippen LogP contribution in [0.25, 0.3) is 10.2 Å². The smallest absolute Gasteiger partial charge is 0.260 e. The molecule has 3 rings (SSSR count). The highest BCUT2D eigenvalue weighted by Crippen LogP contribution is 2.32. The first-order valence-electron chi connectivity index (χ1n) is 9.57. The van der Waals surface area contributed by atoms with Crippen molar-refractivity contribution in [1.82, 2.24) is 9.88 Å². The first kappa shape index (κ1) is 21.1. The lowest BCUT2D eigenvalue weighted by Gasteiger charge is -2.21. The van der Waals surface area contributed by atoms with Crippen LogP contribution in [0.5, 0.6) is 5.75 Å². The second-order valence-corrected chi connectivity index (χ2v) is 8.39. The number of aromatic nitrogens is 1. The molecule has 0 aliphatic rings. The Labute approximate surface area is 176 Å². The molecule has 0 aliphatic heterocycles. The number of hydrogen-bond donors (Lipinski definition) is 0. The first-order valence-corrected chi connectivity index (χ1v) is 10.4. The van der Waals surface area contributed by atoms with Crippen molar-refractivity contribution in [3.05, 3.63) is 48.0 Å². The topological polar surface area (TPSA) is 48.9 Å². The number of carbonyl (C=O) groups is 1.